The standard InChI is InChI=1S/C47H89N2O6S/c1-5-7-9-11-13-15-17-19-21-23-25-27-29-31-33-35-45(51)54-42-37-48(47(53)56-44-40-49(3,4)39-41-50)38-43-55-46(52)36-34-32-30-28-26-24-22-20-18-16-14-12-10-8-6-2/h19-22,50H,5-18,23-44H2,1-4H3/q+1. The molecule has 0 aliphatic rings. The van der Waals surface area contributed by atoms with Gasteiger partial charge in [-0.15, -0.1) is 0 Å². The van der Waals surface area contributed by atoms with Crippen molar-refractivity contribution >= 4 is 28.9 Å². The molecule has 0 saturated heterocycles. The lowest BCUT2D eigenvalue weighted by molar-refractivity contribution is -0.888. The minimum atomic E-state index is -0.225. The zero-order valence-electron chi connectivity index (χ0n) is 37.1. The molecular weight excluding hydrogens is 721 g/mol. The van der Waals surface area contributed by atoms with Gasteiger partial charge >= 0.3 is 11.9 Å². The van der Waals surface area contributed by atoms with E-state index in [1.165, 1.54) is 127 Å². The second kappa shape index (κ2) is 41.3. The van der Waals surface area contributed by atoms with Crippen molar-refractivity contribution in [3.63, 3.8) is 0 Å². The molecule has 0 aliphatic heterocycles. The number of amides is 1. The van der Waals surface area contributed by atoms with Crippen LogP contribution in [0.5, 0.6) is 0 Å². The first-order valence-electron chi connectivity index (χ1n) is 23.2. The number of nitrogens with zero attached hydrogens (tertiary/aromatic N) is 2. The number of carbonyl (C=O) groups excluding carboxylic acids is 3. The fourth-order valence-corrected chi connectivity index (χ4v) is 7.64. The molecule has 0 aromatic heterocycles. The van der Waals surface area contributed by atoms with Crippen molar-refractivity contribution < 1.29 is 33.4 Å². The normalized spacial score (nSPS) is 11.9. The number of aliphatic hydroxyl groups is 1. The van der Waals surface area contributed by atoms with Crippen molar-refractivity contribution in [2.24, 2.45) is 0 Å². The molecular formula is C47H89N2O6S+. The summed E-state index contributed by atoms with van der Waals surface area (Å²) in [4.78, 5) is 39.6. The van der Waals surface area contributed by atoms with Gasteiger partial charge in [-0.3, -0.25) is 14.4 Å². The first-order chi connectivity index (χ1) is 27.3. The van der Waals surface area contributed by atoms with Gasteiger partial charge in [-0.1, -0.05) is 153 Å². The maximum absolute atomic E-state index is 13.1. The summed E-state index contributed by atoms with van der Waals surface area (Å²) >= 11 is 1.22. The predicted molar refractivity (Wildman–Crippen MR) is 239 cm³/mol. The second-order valence-electron chi connectivity index (χ2n) is 16.3. The number of aliphatic hydroxyl groups excluding tert-OH is 1. The molecule has 1 amide bonds. The summed E-state index contributed by atoms with van der Waals surface area (Å²) in [6, 6.07) is 0. The summed E-state index contributed by atoms with van der Waals surface area (Å²) < 4.78 is 11.6. The Bertz CT molecular complexity index is 914. The summed E-state index contributed by atoms with van der Waals surface area (Å²) in [6.45, 7) is 6.77. The largest absolute Gasteiger partial charge is 0.464 e. The van der Waals surface area contributed by atoms with E-state index in [9.17, 15) is 19.5 Å². The van der Waals surface area contributed by atoms with Crippen LogP contribution in [0.15, 0.2) is 24.3 Å². The number of allylic oxidation sites excluding steroid dienone is 4. The van der Waals surface area contributed by atoms with Crippen LogP contribution in [0, 0.1) is 0 Å². The number of quaternary nitrogens is 1. The Kier molecular flexibility index (Phi) is 40.0. The van der Waals surface area contributed by atoms with Crippen LogP contribution in [0.2, 0.25) is 0 Å². The van der Waals surface area contributed by atoms with Gasteiger partial charge in [-0.05, 0) is 64.2 Å². The highest BCUT2D eigenvalue weighted by atomic mass is 32.2. The van der Waals surface area contributed by atoms with Gasteiger partial charge < -0.3 is 24.0 Å². The van der Waals surface area contributed by atoms with Gasteiger partial charge in [0, 0.05) is 12.8 Å². The molecule has 0 heterocycles. The van der Waals surface area contributed by atoms with Gasteiger partial charge in [0.1, 0.15) is 19.8 Å². The molecule has 0 unspecified atom stereocenters. The molecule has 0 fully saturated rings. The lowest BCUT2D eigenvalue weighted by atomic mass is 10.1. The maximum Gasteiger partial charge on any atom is 0.305 e. The zero-order chi connectivity index (χ0) is 41.2. The van der Waals surface area contributed by atoms with Crippen LogP contribution in [0.3, 0.4) is 0 Å². The average Bonchev–Trinajstić information content (AvgIpc) is 3.17. The van der Waals surface area contributed by atoms with Crippen LogP contribution in [0.1, 0.15) is 194 Å². The number of unbranched alkanes of at least 4 members (excludes halogenated alkanes) is 22. The molecule has 0 aromatic rings. The van der Waals surface area contributed by atoms with E-state index >= 15 is 0 Å². The van der Waals surface area contributed by atoms with Gasteiger partial charge in [0.05, 0.1) is 46.1 Å². The minimum Gasteiger partial charge on any atom is -0.464 e. The molecule has 8 nitrogen and oxygen atoms in total. The number of rotatable bonds is 41. The third-order valence-corrected chi connectivity index (χ3v) is 11.3. The van der Waals surface area contributed by atoms with E-state index in [-0.39, 0.29) is 50.1 Å². The monoisotopic (exact) mass is 810 g/mol. The molecule has 0 radical (unpaired) electrons. The third-order valence-electron chi connectivity index (χ3n) is 10.4. The number of ether oxygens (including phenoxy) is 2. The molecule has 0 saturated carbocycles. The van der Waals surface area contributed by atoms with Crippen molar-refractivity contribution in [3.05, 3.63) is 24.3 Å². The Balaban J connectivity index is 4.26. The van der Waals surface area contributed by atoms with Crippen LogP contribution in [-0.4, -0.2) is 97.5 Å². The van der Waals surface area contributed by atoms with Gasteiger partial charge in [0.25, 0.3) is 5.24 Å². The number of hydrogen-bond acceptors (Lipinski definition) is 7. The lowest BCUT2D eigenvalue weighted by Gasteiger charge is -2.29. The maximum atomic E-state index is 13.1. The van der Waals surface area contributed by atoms with Crippen LogP contribution < -0.4 is 0 Å². The van der Waals surface area contributed by atoms with Crippen LogP contribution in [0.25, 0.3) is 0 Å². The van der Waals surface area contributed by atoms with Crippen molar-refractivity contribution in [2.45, 2.75) is 194 Å². The molecule has 1 N–H and O–H groups in total. The molecule has 0 atom stereocenters. The quantitative estimate of drug-likeness (QED) is 0.0284. The summed E-state index contributed by atoms with van der Waals surface area (Å²) in [6.07, 6.45) is 41.7. The summed E-state index contributed by atoms with van der Waals surface area (Å²) in [7, 11) is 4.06. The van der Waals surface area contributed by atoms with Gasteiger partial charge in [0.15, 0.2) is 0 Å². The highest BCUT2D eigenvalue weighted by molar-refractivity contribution is 8.13. The highest BCUT2D eigenvalue weighted by Gasteiger charge is 2.19. The summed E-state index contributed by atoms with van der Waals surface area (Å²) in [5.41, 5.74) is 0. The Labute approximate surface area is 350 Å². The minimum absolute atomic E-state index is 0.0997. The number of carbonyl (C=O) groups is 3. The molecule has 0 spiro atoms. The number of thioether (sulfide) groups is 1. The van der Waals surface area contributed by atoms with Crippen molar-refractivity contribution in [2.75, 3.05) is 65.8 Å². The highest BCUT2D eigenvalue weighted by Crippen LogP contribution is 2.14. The molecule has 0 aromatic carbocycles. The smallest absolute Gasteiger partial charge is 0.305 e. The van der Waals surface area contributed by atoms with Gasteiger partial charge in [0.2, 0.25) is 0 Å². The van der Waals surface area contributed by atoms with Crippen LogP contribution >= 0.6 is 11.8 Å². The Morgan fingerprint density at radius 1 is 0.536 bits per heavy atom. The predicted octanol–water partition coefficient (Wildman–Crippen LogP) is 12.4. The van der Waals surface area contributed by atoms with Crippen LogP contribution in [-0.2, 0) is 19.1 Å². The van der Waals surface area contributed by atoms with Crippen molar-refractivity contribution in [1.29, 1.82) is 0 Å². The molecule has 0 bridgehead atoms. The fourth-order valence-electron chi connectivity index (χ4n) is 6.51. The second-order valence-corrected chi connectivity index (χ2v) is 17.4. The van der Waals surface area contributed by atoms with Gasteiger partial charge in [-0.2, -0.15) is 0 Å². The van der Waals surface area contributed by atoms with Crippen molar-refractivity contribution in [3.8, 4) is 0 Å². The number of likely N-dealkylation sites (N-methyl/N-ethyl adjacent to an activating group) is 1. The van der Waals surface area contributed by atoms with E-state index in [0.717, 1.165) is 57.9 Å². The first kappa shape index (κ1) is 54.2. The van der Waals surface area contributed by atoms with E-state index < -0.39 is 0 Å². The van der Waals surface area contributed by atoms with Crippen LogP contribution in [0.4, 0.5) is 4.79 Å². The zero-order valence-corrected chi connectivity index (χ0v) is 37.9. The summed E-state index contributed by atoms with van der Waals surface area (Å²) in [5, 5.41) is 9.21. The van der Waals surface area contributed by atoms with Crippen molar-refractivity contribution in [1.82, 2.24) is 4.90 Å². The molecule has 56 heavy (non-hydrogen) atoms. The summed E-state index contributed by atoms with van der Waals surface area (Å²) in [5.74, 6) is 0.154. The van der Waals surface area contributed by atoms with Gasteiger partial charge in [-0.25, -0.2) is 0 Å². The molecule has 0 aliphatic carbocycles. The first-order valence-corrected chi connectivity index (χ1v) is 24.2. The van der Waals surface area contributed by atoms with E-state index in [4.69, 9.17) is 9.47 Å². The fraction of sp³-hybridized carbons (Fsp3) is 0.851. The SMILES string of the molecule is CCCCCCCCC=CCCCCCCCC(=O)OCCN(CCOC(=O)CCCCCCCC=CCCCCCCCC)C(=O)SCC[N+](C)(C)CCO. The van der Waals surface area contributed by atoms with E-state index in [1.807, 2.05) is 14.1 Å². The Hall–Kier alpha value is -1.84. The Morgan fingerprint density at radius 2 is 0.893 bits per heavy atom. The third kappa shape index (κ3) is 39.0. The van der Waals surface area contributed by atoms with E-state index in [2.05, 4.69) is 38.2 Å². The lowest BCUT2D eigenvalue weighted by Crippen LogP contribution is -2.44. The number of hydrogen-bond donors (Lipinski definition) is 1. The van der Waals surface area contributed by atoms with E-state index in [0.29, 0.717) is 29.6 Å². The van der Waals surface area contributed by atoms with E-state index in [1.54, 1.807) is 4.90 Å². The average molecular weight is 810 g/mol. The molecule has 0 rings (SSSR count). The Morgan fingerprint density at radius 3 is 1.27 bits per heavy atom. The molecule has 9 heteroatoms. The number of esters is 2. The topological polar surface area (TPSA) is 93.1 Å². The molecule has 328 valence electrons.